The molecule has 0 radical (unpaired) electrons. The van der Waals surface area contributed by atoms with Crippen LogP contribution < -0.4 is 3.53 Å². The molecule has 2 aromatic rings. The van der Waals surface area contributed by atoms with Crippen LogP contribution in [0.2, 0.25) is 0 Å². The molecule has 0 saturated carbocycles. The summed E-state index contributed by atoms with van der Waals surface area (Å²) in [6, 6.07) is 5.48. The average Bonchev–Trinajstić information content (AvgIpc) is 2.96. The van der Waals surface area contributed by atoms with Gasteiger partial charge in [-0.1, -0.05) is 11.3 Å². The maximum absolute atomic E-state index is 11.8. The first kappa shape index (κ1) is 16.1. The summed E-state index contributed by atoms with van der Waals surface area (Å²) in [7, 11) is 0. The highest BCUT2D eigenvalue weighted by atomic mass is 127. The Labute approximate surface area is 137 Å². The number of carbonyl (C=O) groups excluding carboxylic acids is 1. The molecule has 0 spiro atoms. The van der Waals surface area contributed by atoms with Gasteiger partial charge >= 0.3 is 5.00 Å². The van der Waals surface area contributed by atoms with E-state index in [4.69, 9.17) is 0 Å². The summed E-state index contributed by atoms with van der Waals surface area (Å²) < 4.78 is 4.39. The number of nitrogens with one attached hydrogen (secondary N) is 1. The first-order chi connectivity index (χ1) is 10.5. The van der Waals surface area contributed by atoms with E-state index in [0.29, 0.717) is 4.88 Å². The Kier molecular flexibility index (Phi) is 5.21. The number of hydrogen-bond acceptors (Lipinski definition) is 7. The van der Waals surface area contributed by atoms with Gasteiger partial charge in [-0.25, -0.2) is 4.98 Å². The summed E-state index contributed by atoms with van der Waals surface area (Å²) in [5, 5.41) is 21.1. The van der Waals surface area contributed by atoms with Crippen molar-refractivity contribution in [1.29, 1.82) is 0 Å². The molecule has 0 fully saturated rings. The number of halogens is 1. The lowest BCUT2D eigenvalue weighted by atomic mass is 10.3. The summed E-state index contributed by atoms with van der Waals surface area (Å²) in [5.74, 6) is -0.440. The Morgan fingerprint density at radius 3 is 2.55 bits per heavy atom. The molecule has 9 nitrogen and oxygen atoms in total. The molecule has 0 atom stereocenters. The number of pyridine rings is 1. The molecule has 0 aromatic carbocycles. The molecule has 0 aliphatic carbocycles. The lowest BCUT2D eigenvalue weighted by Gasteiger charge is -1.97. The van der Waals surface area contributed by atoms with Gasteiger partial charge in [0.05, 0.1) is 9.85 Å². The summed E-state index contributed by atoms with van der Waals surface area (Å²) in [5.41, 5.74) is -0.112. The molecule has 0 unspecified atom stereocenters. The van der Waals surface area contributed by atoms with Crippen LogP contribution in [0.4, 0.5) is 10.7 Å². The second-order valence-corrected chi connectivity index (χ2v) is 6.61. The molecule has 0 aliphatic rings. The van der Waals surface area contributed by atoms with E-state index in [9.17, 15) is 25.0 Å². The van der Waals surface area contributed by atoms with Crippen LogP contribution in [-0.2, 0) is 0 Å². The van der Waals surface area contributed by atoms with Gasteiger partial charge in [-0.15, -0.1) is 0 Å². The van der Waals surface area contributed by atoms with Gasteiger partial charge in [-0.2, -0.15) is 0 Å². The zero-order valence-corrected chi connectivity index (χ0v) is 13.6. The van der Waals surface area contributed by atoms with Crippen molar-refractivity contribution in [2.24, 2.45) is 0 Å². The lowest BCUT2D eigenvalue weighted by molar-refractivity contribution is -0.385. The van der Waals surface area contributed by atoms with Crippen molar-refractivity contribution in [2.75, 3.05) is 0 Å². The number of hydrogen-bond donors (Lipinski definition) is 1. The molecule has 0 saturated heterocycles. The first-order valence-corrected chi connectivity index (χ1v) is 8.72. The van der Waals surface area contributed by atoms with Gasteiger partial charge in [0.1, 0.15) is 11.9 Å². The topological polar surface area (TPSA) is 128 Å². The number of amides is 1. The van der Waals surface area contributed by atoms with E-state index in [1.165, 1.54) is 18.2 Å². The van der Waals surface area contributed by atoms with E-state index in [1.54, 1.807) is 10.1 Å². The van der Waals surface area contributed by atoms with E-state index in [2.05, 4.69) is 8.51 Å². The van der Waals surface area contributed by atoms with E-state index in [-0.39, 0.29) is 16.4 Å². The molecule has 114 valence electrons. The van der Waals surface area contributed by atoms with Crippen molar-refractivity contribution in [2.45, 2.75) is 0 Å². The zero-order valence-electron chi connectivity index (χ0n) is 10.6. The van der Waals surface area contributed by atoms with E-state index >= 15 is 0 Å². The molecular weight excluding hydrogens is 427 g/mol. The number of aromatic nitrogens is 1. The Bertz CT molecular complexity index is 758. The van der Waals surface area contributed by atoms with Gasteiger partial charge in [0, 0.05) is 42.0 Å². The maximum atomic E-state index is 11.8. The predicted molar refractivity (Wildman–Crippen MR) is 88.5 cm³/mol. The fraction of sp³-hybridized carbons (Fsp3) is 0. The van der Waals surface area contributed by atoms with Crippen molar-refractivity contribution >= 4 is 52.9 Å². The molecule has 2 aromatic heterocycles. The molecule has 1 amide bonds. The van der Waals surface area contributed by atoms with Gasteiger partial charge in [0.2, 0.25) is 0 Å². The third kappa shape index (κ3) is 4.11. The summed E-state index contributed by atoms with van der Waals surface area (Å²) in [6.45, 7) is 0. The summed E-state index contributed by atoms with van der Waals surface area (Å²) >= 11 is 0.167. The molecular formula is C11H7IN4O5S. The molecule has 22 heavy (non-hydrogen) atoms. The molecule has 11 heteroatoms. The van der Waals surface area contributed by atoms with Crippen LogP contribution in [0.5, 0.6) is 0 Å². The first-order valence-electron chi connectivity index (χ1n) is 5.58. The summed E-state index contributed by atoms with van der Waals surface area (Å²) in [4.78, 5) is 36.2. The quantitative estimate of drug-likeness (QED) is 0.333. The third-order valence-corrected chi connectivity index (χ3v) is 5.48. The molecule has 2 heterocycles. The van der Waals surface area contributed by atoms with E-state index < -0.39 is 36.8 Å². The number of carbonyl (C=O) groups is 1. The molecule has 0 aliphatic heterocycles. The van der Waals surface area contributed by atoms with E-state index in [1.807, 2.05) is 0 Å². The monoisotopic (exact) mass is 434 g/mol. The van der Waals surface area contributed by atoms with Crippen molar-refractivity contribution in [3.8, 4) is 0 Å². The molecule has 2 rings (SSSR count). The Morgan fingerprint density at radius 2 is 2.00 bits per heavy atom. The van der Waals surface area contributed by atoms with Crippen LogP contribution in [0.25, 0.3) is 0 Å². The summed E-state index contributed by atoms with van der Waals surface area (Å²) in [6.07, 6.45) is 1.01. The average molecular weight is 434 g/mol. The van der Waals surface area contributed by atoms with E-state index in [0.717, 1.165) is 17.5 Å². The fourth-order valence-electron chi connectivity index (χ4n) is 1.31. The van der Waals surface area contributed by atoms with Crippen LogP contribution in [0, 0.1) is 20.2 Å². The standard InChI is InChI=1S/C11H7IN4O5S/c17-11(9-3-1-7(6-13-9)15(18)19)14-12-5-8-2-4-10(22-8)16(20)21/h1-6H,(H,14,17). The third-order valence-electron chi connectivity index (χ3n) is 2.29. The van der Waals surface area contributed by atoms with Gasteiger partial charge in [-0.05, 0) is 12.1 Å². The van der Waals surface area contributed by atoms with Gasteiger partial charge in [-0.3, -0.25) is 28.6 Å². The smallest absolute Gasteiger partial charge is 0.299 e. The highest BCUT2D eigenvalue weighted by Gasteiger charge is 2.10. The van der Waals surface area contributed by atoms with Gasteiger partial charge in [0.25, 0.3) is 11.6 Å². The molecule has 0 bridgehead atoms. The Balaban J connectivity index is 1.98. The van der Waals surface area contributed by atoms with Crippen LogP contribution in [0.1, 0.15) is 15.4 Å². The van der Waals surface area contributed by atoms with Crippen LogP contribution in [0.3, 0.4) is 0 Å². The predicted octanol–water partition coefficient (Wildman–Crippen LogP) is 2.43. The number of nitro groups is 2. The minimum Gasteiger partial charge on any atom is -0.299 e. The minimum atomic E-state index is -0.858. The maximum Gasteiger partial charge on any atom is 0.324 e. The second-order valence-electron chi connectivity index (χ2n) is 3.73. The Morgan fingerprint density at radius 1 is 1.23 bits per heavy atom. The largest absolute Gasteiger partial charge is 0.324 e. The zero-order chi connectivity index (χ0) is 16.1. The highest BCUT2D eigenvalue weighted by Crippen LogP contribution is 2.23. The molecule has 1 N–H and O–H groups in total. The van der Waals surface area contributed by atoms with Crippen LogP contribution >= 0.6 is 32.3 Å². The van der Waals surface area contributed by atoms with Crippen molar-refractivity contribution < 1.29 is 14.6 Å². The number of thiophene rings is 1. The lowest BCUT2D eigenvalue weighted by Crippen LogP contribution is -2.14. The van der Waals surface area contributed by atoms with Crippen molar-refractivity contribution in [3.63, 3.8) is 0 Å². The van der Waals surface area contributed by atoms with Gasteiger partial charge in [0.15, 0.2) is 0 Å². The minimum absolute atomic E-state index is 0.0404. The van der Waals surface area contributed by atoms with Crippen LogP contribution in [-0.4, -0.2) is 24.7 Å². The number of nitrogens with zero attached hydrogens (tertiary/aromatic N) is 3. The highest BCUT2D eigenvalue weighted by molar-refractivity contribution is 14.2. The fourth-order valence-corrected chi connectivity index (χ4v) is 3.85. The van der Waals surface area contributed by atoms with Crippen LogP contribution in [0.15, 0.2) is 30.5 Å². The van der Waals surface area contributed by atoms with Crippen molar-refractivity contribution in [1.82, 2.24) is 8.51 Å². The number of rotatable bonds is 5. The Hall–Kier alpha value is -2.28. The second kappa shape index (κ2) is 7.13. The SMILES string of the molecule is O=C(NI=Cc1ccc([N+](=O)[O-])s1)c1ccc([N+](=O)[O-])cn1. The van der Waals surface area contributed by atoms with Gasteiger partial charge < -0.3 is 0 Å². The normalized spacial score (nSPS) is 10.9. The van der Waals surface area contributed by atoms with Crippen molar-refractivity contribution in [3.05, 3.63) is 61.3 Å².